The van der Waals surface area contributed by atoms with Crippen LogP contribution >= 0.6 is 27.5 Å². The molecule has 0 aliphatic carbocycles. The summed E-state index contributed by atoms with van der Waals surface area (Å²) >= 11 is 9.17. The van der Waals surface area contributed by atoms with Crippen LogP contribution in [0.5, 0.6) is 5.75 Å². The van der Waals surface area contributed by atoms with E-state index in [1.807, 2.05) is 6.07 Å². The zero-order valence-corrected chi connectivity index (χ0v) is 20.2. The van der Waals surface area contributed by atoms with E-state index in [4.69, 9.17) is 16.3 Å². The Morgan fingerprint density at radius 2 is 1.83 bits per heavy atom. The molecule has 0 bridgehead atoms. The number of carbonyl (C=O) groups is 2. The third-order valence-corrected chi connectivity index (χ3v) is 5.31. The van der Waals surface area contributed by atoms with Gasteiger partial charge in [0.15, 0.2) is 6.61 Å². The molecule has 35 heavy (non-hydrogen) atoms. The van der Waals surface area contributed by atoms with Gasteiger partial charge in [0.25, 0.3) is 17.5 Å². The molecule has 0 aliphatic heterocycles. The number of hydrogen-bond acceptors (Lipinski definition) is 6. The molecule has 2 amide bonds. The fourth-order valence-corrected chi connectivity index (χ4v) is 3.45. The number of hydrogen-bond donors (Lipinski definition) is 2. The minimum absolute atomic E-state index is 0.187. The molecule has 0 atom stereocenters. The monoisotopic (exact) mass is 554 g/mol. The first-order valence-corrected chi connectivity index (χ1v) is 11.1. The van der Waals surface area contributed by atoms with E-state index in [0.717, 1.165) is 0 Å². The Kier molecular flexibility index (Phi) is 8.56. The van der Waals surface area contributed by atoms with E-state index in [1.165, 1.54) is 30.3 Å². The molecule has 3 aromatic carbocycles. The highest BCUT2D eigenvalue weighted by molar-refractivity contribution is 9.10. The number of rotatable bonds is 8. The van der Waals surface area contributed by atoms with Crippen LogP contribution in [0.4, 0.5) is 17.1 Å². The zero-order valence-electron chi connectivity index (χ0n) is 17.8. The van der Waals surface area contributed by atoms with E-state index in [1.54, 1.807) is 42.5 Å². The number of halogens is 2. The number of benzene rings is 3. The van der Waals surface area contributed by atoms with Crippen molar-refractivity contribution in [2.45, 2.75) is 0 Å². The summed E-state index contributed by atoms with van der Waals surface area (Å²) in [5.41, 5.74) is 0.883. The standard InChI is InChI=1S/C24H16BrClN4O5/c25-21-11-15(4-9-22(21)35-14-23(31)28-18-7-5-17(26)6-8-18)10-16(13-27)24(32)29-19-2-1-3-20(12-19)30(33)34/h1-12H,14H2,(H,28,31)(H,29,32)/b16-10+. The van der Waals surface area contributed by atoms with Crippen molar-refractivity contribution in [3.63, 3.8) is 0 Å². The number of amides is 2. The summed E-state index contributed by atoms with van der Waals surface area (Å²) in [6, 6.07) is 18.6. The number of non-ortho nitro benzene ring substituents is 1. The van der Waals surface area contributed by atoms with Gasteiger partial charge < -0.3 is 15.4 Å². The number of ether oxygens (including phenoxy) is 1. The van der Waals surface area contributed by atoms with Crippen molar-refractivity contribution in [2.24, 2.45) is 0 Å². The molecular formula is C24H16BrClN4O5. The summed E-state index contributed by atoms with van der Waals surface area (Å²) < 4.78 is 6.03. The third kappa shape index (κ3) is 7.40. The molecule has 0 aromatic heterocycles. The summed E-state index contributed by atoms with van der Waals surface area (Å²) in [5.74, 6) is -0.705. The molecule has 0 heterocycles. The van der Waals surface area contributed by atoms with Crippen LogP contribution < -0.4 is 15.4 Å². The molecule has 0 saturated heterocycles. The highest BCUT2D eigenvalue weighted by atomic mass is 79.9. The predicted molar refractivity (Wildman–Crippen MR) is 135 cm³/mol. The Balaban J connectivity index is 1.64. The first kappa shape index (κ1) is 25.4. The van der Waals surface area contributed by atoms with Gasteiger partial charge in [0, 0.05) is 28.5 Å². The molecule has 2 N–H and O–H groups in total. The van der Waals surface area contributed by atoms with E-state index in [-0.39, 0.29) is 29.5 Å². The maximum atomic E-state index is 12.5. The van der Waals surface area contributed by atoms with Crippen molar-refractivity contribution in [1.29, 1.82) is 5.26 Å². The van der Waals surface area contributed by atoms with Gasteiger partial charge in [0.1, 0.15) is 17.4 Å². The Hall–Kier alpha value is -4.20. The average Bonchev–Trinajstić information content (AvgIpc) is 2.83. The van der Waals surface area contributed by atoms with Gasteiger partial charge in [0.05, 0.1) is 9.40 Å². The quantitative estimate of drug-likeness (QED) is 0.161. The summed E-state index contributed by atoms with van der Waals surface area (Å²) in [5, 5.41) is 26.0. The smallest absolute Gasteiger partial charge is 0.271 e. The van der Waals surface area contributed by atoms with Crippen LogP contribution in [0.2, 0.25) is 5.02 Å². The molecule has 0 radical (unpaired) electrons. The lowest BCUT2D eigenvalue weighted by atomic mass is 10.1. The fourth-order valence-electron chi connectivity index (χ4n) is 2.81. The van der Waals surface area contributed by atoms with Crippen molar-refractivity contribution >= 4 is 62.5 Å². The van der Waals surface area contributed by atoms with Crippen LogP contribution in [-0.2, 0) is 9.59 Å². The fraction of sp³-hybridized carbons (Fsp3) is 0.0417. The van der Waals surface area contributed by atoms with Gasteiger partial charge in [-0.1, -0.05) is 23.7 Å². The lowest BCUT2D eigenvalue weighted by Crippen LogP contribution is -2.20. The number of anilines is 2. The number of nitro groups is 1. The summed E-state index contributed by atoms with van der Waals surface area (Å²) in [6.45, 7) is -0.245. The molecule has 9 nitrogen and oxygen atoms in total. The van der Waals surface area contributed by atoms with E-state index in [0.29, 0.717) is 26.5 Å². The lowest BCUT2D eigenvalue weighted by molar-refractivity contribution is -0.384. The van der Waals surface area contributed by atoms with Gasteiger partial charge in [0.2, 0.25) is 0 Å². The van der Waals surface area contributed by atoms with Crippen LogP contribution in [0, 0.1) is 21.4 Å². The van der Waals surface area contributed by atoms with Gasteiger partial charge in [-0.3, -0.25) is 19.7 Å². The molecular weight excluding hydrogens is 540 g/mol. The largest absolute Gasteiger partial charge is 0.483 e. The van der Waals surface area contributed by atoms with E-state index >= 15 is 0 Å². The third-order valence-electron chi connectivity index (χ3n) is 4.43. The van der Waals surface area contributed by atoms with Gasteiger partial charge in [-0.05, 0) is 70.0 Å². The van der Waals surface area contributed by atoms with Crippen molar-refractivity contribution in [3.05, 3.63) is 97.5 Å². The second-order valence-electron chi connectivity index (χ2n) is 6.96. The Morgan fingerprint density at radius 1 is 1.09 bits per heavy atom. The van der Waals surface area contributed by atoms with Crippen LogP contribution in [-0.4, -0.2) is 23.3 Å². The molecule has 3 rings (SSSR count). The normalized spacial score (nSPS) is 10.7. The Bertz CT molecular complexity index is 1350. The minimum atomic E-state index is -0.719. The molecule has 176 valence electrons. The summed E-state index contributed by atoms with van der Waals surface area (Å²) in [7, 11) is 0. The molecule has 0 saturated carbocycles. The number of nitrogens with one attached hydrogen (secondary N) is 2. The Labute approximate surface area is 213 Å². The van der Waals surface area contributed by atoms with Crippen molar-refractivity contribution in [2.75, 3.05) is 17.2 Å². The highest BCUT2D eigenvalue weighted by Crippen LogP contribution is 2.27. The van der Waals surface area contributed by atoms with Gasteiger partial charge >= 0.3 is 0 Å². The highest BCUT2D eigenvalue weighted by Gasteiger charge is 2.13. The number of nitrogens with zero attached hydrogens (tertiary/aromatic N) is 2. The molecule has 0 fully saturated rings. The second-order valence-corrected chi connectivity index (χ2v) is 8.26. The molecule has 0 spiro atoms. The summed E-state index contributed by atoms with van der Waals surface area (Å²) in [4.78, 5) is 34.9. The van der Waals surface area contributed by atoms with Gasteiger partial charge in [-0.25, -0.2) is 0 Å². The Morgan fingerprint density at radius 3 is 2.49 bits per heavy atom. The van der Waals surface area contributed by atoms with Crippen LogP contribution in [0.3, 0.4) is 0 Å². The number of nitro benzene ring substituents is 1. The SMILES string of the molecule is N#C/C(=C\c1ccc(OCC(=O)Nc2ccc(Cl)cc2)c(Br)c1)C(=O)Nc1cccc([N+](=O)[O-])c1. The number of carbonyl (C=O) groups excluding carboxylic acids is 2. The summed E-state index contributed by atoms with van der Waals surface area (Å²) in [6.07, 6.45) is 1.36. The molecule has 3 aromatic rings. The topological polar surface area (TPSA) is 134 Å². The minimum Gasteiger partial charge on any atom is -0.483 e. The second kappa shape index (κ2) is 11.8. The molecule has 11 heteroatoms. The molecule has 0 aliphatic rings. The van der Waals surface area contributed by atoms with E-state index in [2.05, 4.69) is 26.6 Å². The first-order chi connectivity index (χ1) is 16.7. The van der Waals surface area contributed by atoms with Gasteiger partial charge in [-0.15, -0.1) is 0 Å². The van der Waals surface area contributed by atoms with Crippen molar-refractivity contribution in [1.82, 2.24) is 0 Å². The average molecular weight is 556 g/mol. The first-order valence-electron chi connectivity index (χ1n) is 9.90. The maximum absolute atomic E-state index is 12.5. The van der Waals surface area contributed by atoms with E-state index < -0.39 is 10.8 Å². The zero-order chi connectivity index (χ0) is 25.4. The molecule has 0 unspecified atom stereocenters. The predicted octanol–water partition coefficient (Wildman–Crippen LogP) is 5.57. The van der Waals surface area contributed by atoms with Crippen molar-refractivity contribution < 1.29 is 19.2 Å². The maximum Gasteiger partial charge on any atom is 0.271 e. The van der Waals surface area contributed by atoms with Crippen LogP contribution in [0.1, 0.15) is 5.56 Å². The van der Waals surface area contributed by atoms with E-state index in [9.17, 15) is 25.0 Å². The van der Waals surface area contributed by atoms with Gasteiger partial charge in [-0.2, -0.15) is 5.26 Å². The van der Waals surface area contributed by atoms with Crippen LogP contribution in [0.15, 0.2) is 76.8 Å². The van der Waals surface area contributed by atoms with Crippen molar-refractivity contribution in [3.8, 4) is 11.8 Å². The number of nitriles is 1. The lowest BCUT2D eigenvalue weighted by Gasteiger charge is -2.10. The van der Waals surface area contributed by atoms with Crippen LogP contribution in [0.25, 0.3) is 6.08 Å².